The van der Waals surface area contributed by atoms with E-state index in [1.807, 2.05) is 55.5 Å². The number of benzene rings is 1. The SMILES string of the molecule is CCOC(=O)C1(Cc2cc(-c3ccccc3)no2)CCCN(Cc2ccncc2)C1. The van der Waals surface area contributed by atoms with E-state index in [0.717, 1.165) is 37.2 Å². The number of carbonyl (C=O) groups excluding carboxylic acids is 1. The van der Waals surface area contributed by atoms with Gasteiger partial charge in [0.15, 0.2) is 0 Å². The predicted molar refractivity (Wildman–Crippen MR) is 113 cm³/mol. The zero-order chi connectivity index (χ0) is 20.8. The van der Waals surface area contributed by atoms with Crippen molar-refractivity contribution in [2.24, 2.45) is 5.41 Å². The molecule has 1 aliphatic heterocycles. The number of nitrogens with zero attached hydrogens (tertiary/aromatic N) is 3. The molecule has 1 atom stereocenters. The van der Waals surface area contributed by atoms with E-state index in [2.05, 4.69) is 15.0 Å². The minimum atomic E-state index is -0.630. The maximum Gasteiger partial charge on any atom is 0.313 e. The third-order valence-electron chi connectivity index (χ3n) is 5.66. The summed E-state index contributed by atoms with van der Waals surface area (Å²) in [6, 6.07) is 15.9. The minimum absolute atomic E-state index is 0.151. The summed E-state index contributed by atoms with van der Waals surface area (Å²) in [7, 11) is 0. The number of likely N-dealkylation sites (tertiary alicyclic amines) is 1. The second-order valence-electron chi connectivity index (χ2n) is 7.89. The Kier molecular flexibility index (Phi) is 6.23. The van der Waals surface area contributed by atoms with E-state index in [4.69, 9.17) is 9.26 Å². The molecule has 2 aromatic heterocycles. The van der Waals surface area contributed by atoms with Crippen molar-refractivity contribution in [3.05, 3.63) is 72.2 Å². The zero-order valence-electron chi connectivity index (χ0n) is 17.3. The van der Waals surface area contributed by atoms with Crippen LogP contribution < -0.4 is 0 Å². The maximum atomic E-state index is 13.1. The van der Waals surface area contributed by atoms with Gasteiger partial charge in [0.05, 0.1) is 12.0 Å². The Bertz CT molecular complexity index is 958. The lowest BCUT2D eigenvalue weighted by Gasteiger charge is -2.40. The van der Waals surface area contributed by atoms with Gasteiger partial charge in [-0.25, -0.2) is 0 Å². The largest absolute Gasteiger partial charge is 0.466 e. The standard InChI is InChI=1S/C24H27N3O3/c1-2-29-23(28)24(11-6-14-27(18-24)17-19-9-12-25-13-10-19)16-21-15-22(26-30-21)20-7-4-3-5-8-20/h3-5,7-10,12-13,15H,2,6,11,14,16-18H2,1H3. The van der Waals surface area contributed by atoms with Crippen molar-refractivity contribution >= 4 is 5.97 Å². The average Bonchev–Trinajstić information content (AvgIpc) is 3.24. The first-order valence-electron chi connectivity index (χ1n) is 10.5. The van der Waals surface area contributed by atoms with Gasteiger partial charge in [0.25, 0.3) is 0 Å². The van der Waals surface area contributed by atoms with Gasteiger partial charge in [-0.2, -0.15) is 0 Å². The van der Waals surface area contributed by atoms with Crippen LogP contribution in [-0.2, 0) is 22.5 Å². The molecule has 156 valence electrons. The molecular formula is C24H27N3O3. The third kappa shape index (κ3) is 4.60. The van der Waals surface area contributed by atoms with Gasteiger partial charge < -0.3 is 9.26 Å². The summed E-state index contributed by atoms with van der Waals surface area (Å²) in [4.78, 5) is 19.5. The molecule has 0 saturated carbocycles. The fraction of sp³-hybridized carbons (Fsp3) is 0.375. The summed E-state index contributed by atoms with van der Waals surface area (Å²) >= 11 is 0. The van der Waals surface area contributed by atoms with E-state index in [9.17, 15) is 4.79 Å². The molecule has 6 nitrogen and oxygen atoms in total. The summed E-state index contributed by atoms with van der Waals surface area (Å²) < 4.78 is 11.2. The highest BCUT2D eigenvalue weighted by atomic mass is 16.5. The molecule has 0 spiro atoms. The second kappa shape index (κ2) is 9.22. The van der Waals surface area contributed by atoms with Crippen molar-refractivity contribution in [3.8, 4) is 11.3 Å². The number of hydrogen-bond donors (Lipinski definition) is 0. The van der Waals surface area contributed by atoms with Gasteiger partial charge in [0.2, 0.25) is 0 Å². The topological polar surface area (TPSA) is 68.5 Å². The van der Waals surface area contributed by atoms with Crippen LogP contribution in [0.5, 0.6) is 0 Å². The van der Waals surface area contributed by atoms with Crippen LogP contribution >= 0.6 is 0 Å². The summed E-state index contributed by atoms with van der Waals surface area (Å²) in [6.07, 6.45) is 5.80. The average molecular weight is 405 g/mol. The summed E-state index contributed by atoms with van der Waals surface area (Å²) in [5.41, 5.74) is 2.35. The molecule has 0 amide bonds. The molecule has 1 aliphatic rings. The highest BCUT2D eigenvalue weighted by molar-refractivity contribution is 5.77. The minimum Gasteiger partial charge on any atom is -0.466 e. The van der Waals surface area contributed by atoms with E-state index in [0.29, 0.717) is 25.3 Å². The van der Waals surface area contributed by atoms with E-state index in [1.165, 1.54) is 5.56 Å². The Balaban J connectivity index is 1.55. The first-order chi connectivity index (χ1) is 14.7. The number of pyridine rings is 1. The van der Waals surface area contributed by atoms with Crippen LogP contribution in [0, 0.1) is 5.41 Å². The van der Waals surface area contributed by atoms with Crippen LogP contribution in [-0.4, -0.2) is 40.7 Å². The van der Waals surface area contributed by atoms with Crippen LogP contribution in [0.1, 0.15) is 31.1 Å². The van der Waals surface area contributed by atoms with Crippen molar-refractivity contribution in [2.75, 3.05) is 19.7 Å². The Labute approximate surface area is 176 Å². The van der Waals surface area contributed by atoms with Gasteiger partial charge in [0, 0.05) is 43.5 Å². The highest BCUT2D eigenvalue weighted by Crippen LogP contribution is 2.36. The molecule has 0 bridgehead atoms. The van der Waals surface area contributed by atoms with Gasteiger partial charge in [-0.3, -0.25) is 14.7 Å². The molecule has 1 fully saturated rings. The van der Waals surface area contributed by atoms with Crippen LogP contribution in [0.3, 0.4) is 0 Å². The number of ether oxygens (including phenoxy) is 1. The van der Waals surface area contributed by atoms with E-state index < -0.39 is 5.41 Å². The van der Waals surface area contributed by atoms with E-state index in [-0.39, 0.29) is 5.97 Å². The Morgan fingerprint density at radius 2 is 2.00 bits per heavy atom. The Hall–Kier alpha value is -2.99. The van der Waals surface area contributed by atoms with Crippen LogP contribution in [0.4, 0.5) is 0 Å². The molecule has 0 N–H and O–H groups in total. The lowest BCUT2D eigenvalue weighted by atomic mass is 9.76. The van der Waals surface area contributed by atoms with E-state index in [1.54, 1.807) is 12.4 Å². The molecule has 30 heavy (non-hydrogen) atoms. The number of aromatic nitrogens is 2. The van der Waals surface area contributed by atoms with Gasteiger partial charge in [0.1, 0.15) is 11.5 Å². The van der Waals surface area contributed by atoms with Gasteiger partial charge in [-0.1, -0.05) is 35.5 Å². The van der Waals surface area contributed by atoms with Crippen LogP contribution in [0.2, 0.25) is 0 Å². The van der Waals surface area contributed by atoms with Crippen LogP contribution in [0.15, 0.2) is 65.4 Å². The van der Waals surface area contributed by atoms with Crippen molar-refractivity contribution < 1.29 is 14.1 Å². The van der Waals surface area contributed by atoms with E-state index >= 15 is 0 Å². The molecule has 1 unspecified atom stereocenters. The highest BCUT2D eigenvalue weighted by Gasteiger charge is 2.44. The summed E-state index contributed by atoms with van der Waals surface area (Å²) in [5.74, 6) is 0.565. The molecule has 0 radical (unpaired) electrons. The van der Waals surface area contributed by atoms with Gasteiger partial charge in [-0.05, 0) is 44.0 Å². The van der Waals surface area contributed by atoms with Crippen molar-refractivity contribution in [1.82, 2.24) is 15.0 Å². The maximum absolute atomic E-state index is 13.1. The van der Waals surface area contributed by atoms with Crippen molar-refractivity contribution in [3.63, 3.8) is 0 Å². The molecule has 3 heterocycles. The first-order valence-corrected chi connectivity index (χ1v) is 10.5. The first kappa shape index (κ1) is 20.3. The lowest BCUT2D eigenvalue weighted by molar-refractivity contribution is -0.159. The molecule has 1 aromatic carbocycles. The summed E-state index contributed by atoms with van der Waals surface area (Å²) in [5, 5.41) is 4.23. The molecule has 6 heteroatoms. The Morgan fingerprint density at radius 3 is 2.77 bits per heavy atom. The lowest BCUT2D eigenvalue weighted by Crippen LogP contribution is -2.49. The molecule has 1 saturated heterocycles. The number of carbonyl (C=O) groups is 1. The van der Waals surface area contributed by atoms with Crippen molar-refractivity contribution in [2.45, 2.75) is 32.7 Å². The number of hydrogen-bond acceptors (Lipinski definition) is 6. The zero-order valence-corrected chi connectivity index (χ0v) is 17.3. The number of piperidine rings is 1. The fourth-order valence-electron chi connectivity index (χ4n) is 4.25. The third-order valence-corrected chi connectivity index (χ3v) is 5.66. The monoisotopic (exact) mass is 405 g/mol. The summed E-state index contributed by atoms with van der Waals surface area (Å²) in [6.45, 7) is 4.60. The van der Waals surface area contributed by atoms with Gasteiger partial charge in [-0.15, -0.1) is 0 Å². The molecule has 0 aliphatic carbocycles. The predicted octanol–water partition coefficient (Wildman–Crippen LogP) is 4.12. The fourth-order valence-corrected chi connectivity index (χ4v) is 4.25. The second-order valence-corrected chi connectivity index (χ2v) is 7.89. The van der Waals surface area contributed by atoms with Crippen LogP contribution in [0.25, 0.3) is 11.3 Å². The molecule has 4 rings (SSSR count). The molecule has 3 aromatic rings. The Morgan fingerprint density at radius 1 is 1.20 bits per heavy atom. The smallest absolute Gasteiger partial charge is 0.313 e. The quantitative estimate of drug-likeness (QED) is 0.551. The van der Waals surface area contributed by atoms with Crippen molar-refractivity contribution in [1.29, 1.82) is 0 Å². The normalized spacial score (nSPS) is 19.5. The number of esters is 1. The molecular weight excluding hydrogens is 378 g/mol. The van der Waals surface area contributed by atoms with Gasteiger partial charge >= 0.3 is 5.97 Å². The number of rotatable bonds is 7.